The number of hydrogen-bond acceptors (Lipinski definition) is 4. The highest BCUT2D eigenvalue weighted by Gasteiger charge is 2.21. The molecule has 0 saturated carbocycles. The number of thiazole rings is 1. The van der Waals surface area contributed by atoms with Gasteiger partial charge in [-0.1, -0.05) is 44.2 Å². The molecular weight excluding hydrogens is 322 g/mol. The number of carbonyl (C=O) groups is 2. The maximum absolute atomic E-state index is 12.5. The molecule has 2 amide bonds. The van der Waals surface area contributed by atoms with Crippen molar-refractivity contribution in [1.29, 1.82) is 0 Å². The number of hydrogen-bond donors (Lipinski definition) is 2. The van der Waals surface area contributed by atoms with Crippen molar-refractivity contribution in [3.05, 3.63) is 52.5 Å². The highest BCUT2D eigenvalue weighted by atomic mass is 32.1. The number of nitrogens with zero attached hydrogens (tertiary/aromatic N) is 1. The molecule has 6 heteroatoms. The summed E-state index contributed by atoms with van der Waals surface area (Å²) in [5, 5.41) is 7.61. The summed E-state index contributed by atoms with van der Waals surface area (Å²) in [6, 6.07) is 9.10. The van der Waals surface area contributed by atoms with Crippen molar-refractivity contribution in [3.8, 4) is 0 Å². The van der Waals surface area contributed by atoms with Crippen molar-refractivity contribution in [3.63, 3.8) is 0 Å². The normalized spacial score (nSPS) is 12.0. The van der Waals surface area contributed by atoms with E-state index in [1.54, 1.807) is 5.51 Å². The number of aromatic nitrogens is 1. The molecule has 2 N–H and O–H groups in total. The van der Waals surface area contributed by atoms with Crippen molar-refractivity contribution in [1.82, 2.24) is 15.6 Å². The quantitative estimate of drug-likeness (QED) is 0.772. The van der Waals surface area contributed by atoms with Crippen LogP contribution in [0.5, 0.6) is 0 Å². The molecule has 1 atom stereocenters. The summed E-state index contributed by atoms with van der Waals surface area (Å²) in [6.07, 6.45) is 0.873. The molecule has 0 aliphatic rings. The first-order valence-corrected chi connectivity index (χ1v) is 8.97. The van der Waals surface area contributed by atoms with Crippen LogP contribution in [-0.4, -0.2) is 22.8 Å². The van der Waals surface area contributed by atoms with Gasteiger partial charge < -0.3 is 10.6 Å². The molecule has 0 fully saturated rings. The van der Waals surface area contributed by atoms with Gasteiger partial charge in [0.05, 0.1) is 17.7 Å². The third-order valence-electron chi connectivity index (χ3n) is 3.46. The van der Waals surface area contributed by atoms with Gasteiger partial charge in [-0.2, -0.15) is 0 Å². The Labute approximate surface area is 146 Å². The van der Waals surface area contributed by atoms with Gasteiger partial charge in [0.2, 0.25) is 11.8 Å². The molecular formula is C18H23N3O2S. The molecule has 1 aromatic carbocycles. The van der Waals surface area contributed by atoms with Crippen LogP contribution in [0.4, 0.5) is 0 Å². The predicted octanol–water partition coefficient (Wildman–Crippen LogP) is 2.53. The van der Waals surface area contributed by atoms with Crippen LogP contribution >= 0.6 is 11.3 Å². The van der Waals surface area contributed by atoms with E-state index < -0.39 is 6.04 Å². The van der Waals surface area contributed by atoms with Gasteiger partial charge in [-0.05, 0) is 11.5 Å². The van der Waals surface area contributed by atoms with Gasteiger partial charge in [-0.15, -0.1) is 11.3 Å². The second-order valence-corrected chi connectivity index (χ2v) is 6.82. The van der Waals surface area contributed by atoms with Gasteiger partial charge in [0, 0.05) is 18.2 Å². The minimum atomic E-state index is -0.586. The fraction of sp³-hybridized carbons (Fsp3) is 0.389. The van der Waals surface area contributed by atoms with E-state index in [-0.39, 0.29) is 17.7 Å². The van der Waals surface area contributed by atoms with Gasteiger partial charge >= 0.3 is 0 Å². The molecule has 0 aliphatic carbocycles. The summed E-state index contributed by atoms with van der Waals surface area (Å²) in [6.45, 7) is 4.33. The maximum atomic E-state index is 12.5. The van der Waals surface area contributed by atoms with E-state index in [4.69, 9.17) is 0 Å². The van der Waals surface area contributed by atoms with Crippen LogP contribution in [-0.2, 0) is 22.6 Å². The molecule has 24 heavy (non-hydrogen) atoms. The number of carbonyl (C=O) groups excluding carboxylic acids is 2. The monoisotopic (exact) mass is 345 g/mol. The molecule has 0 aliphatic heterocycles. The van der Waals surface area contributed by atoms with Crippen LogP contribution in [0.25, 0.3) is 0 Å². The third kappa shape index (κ3) is 6.12. The van der Waals surface area contributed by atoms with Crippen LogP contribution in [0.2, 0.25) is 0 Å². The third-order valence-corrected chi connectivity index (χ3v) is 4.09. The standard InChI is InChI=1S/C18H23N3O2S/c1-13(2)8-17(22)21-16(9-14-6-4-3-5-7-14)18(23)19-10-15-11-24-12-20-15/h3-7,11-13,16H,8-10H2,1-2H3,(H,19,23)(H,21,22)/t16-/m1/s1. The minimum absolute atomic E-state index is 0.102. The molecule has 1 aromatic heterocycles. The molecule has 0 radical (unpaired) electrons. The Morgan fingerprint density at radius 2 is 1.96 bits per heavy atom. The fourth-order valence-electron chi connectivity index (χ4n) is 2.31. The largest absolute Gasteiger partial charge is 0.349 e. The first-order valence-electron chi connectivity index (χ1n) is 8.02. The van der Waals surface area contributed by atoms with Gasteiger partial charge in [-0.25, -0.2) is 4.98 Å². The van der Waals surface area contributed by atoms with Gasteiger partial charge in [0.25, 0.3) is 0 Å². The Morgan fingerprint density at radius 3 is 2.58 bits per heavy atom. The zero-order valence-electron chi connectivity index (χ0n) is 14.0. The summed E-state index contributed by atoms with van der Waals surface area (Å²) in [5.41, 5.74) is 3.56. The molecule has 0 bridgehead atoms. The van der Waals surface area contributed by atoms with Gasteiger partial charge in [0.1, 0.15) is 6.04 Å². The van der Waals surface area contributed by atoms with Crippen LogP contribution in [0.3, 0.4) is 0 Å². The molecule has 2 aromatic rings. The SMILES string of the molecule is CC(C)CC(=O)N[C@H](Cc1ccccc1)C(=O)NCc1cscn1. The topological polar surface area (TPSA) is 71.1 Å². The summed E-state index contributed by atoms with van der Waals surface area (Å²) < 4.78 is 0. The van der Waals surface area contributed by atoms with Crippen molar-refractivity contribution in [2.24, 2.45) is 5.92 Å². The maximum Gasteiger partial charge on any atom is 0.243 e. The average Bonchev–Trinajstić information content (AvgIpc) is 3.05. The molecule has 0 unspecified atom stereocenters. The Balaban J connectivity index is 2.00. The molecule has 5 nitrogen and oxygen atoms in total. The average molecular weight is 345 g/mol. The van der Waals surface area contributed by atoms with Crippen molar-refractivity contribution < 1.29 is 9.59 Å². The molecule has 2 rings (SSSR count). The summed E-state index contributed by atoms with van der Waals surface area (Å²) in [4.78, 5) is 28.8. The van der Waals surface area contributed by atoms with Gasteiger partial charge in [-0.3, -0.25) is 9.59 Å². The summed E-state index contributed by atoms with van der Waals surface area (Å²) in [7, 11) is 0. The number of benzene rings is 1. The Hall–Kier alpha value is -2.21. The van der Waals surface area contributed by atoms with Crippen molar-refractivity contribution in [2.75, 3.05) is 0 Å². The highest BCUT2D eigenvalue weighted by molar-refractivity contribution is 7.07. The Kier molecular flexibility index (Phi) is 6.93. The van der Waals surface area contributed by atoms with E-state index in [1.165, 1.54) is 11.3 Å². The molecule has 0 spiro atoms. The van der Waals surface area contributed by atoms with E-state index >= 15 is 0 Å². The first kappa shape index (κ1) is 18.1. The summed E-state index contributed by atoms with van der Waals surface area (Å²) >= 11 is 1.49. The zero-order chi connectivity index (χ0) is 17.4. The molecule has 128 valence electrons. The highest BCUT2D eigenvalue weighted by Crippen LogP contribution is 2.06. The number of rotatable bonds is 8. The van der Waals surface area contributed by atoms with Crippen molar-refractivity contribution >= 4 is 23.2 Å². The number of nitrogens with one attached hydrogen (secondary N) is 2. The molecule has 0 saturated heterocycles. The van der Waals surface area contributed by atoms with Crippen LogP contribution in [0.1, 0.15) is 31.5 Å². The lowest BCUT2D eigenvalue weighted by Gasteiger charge is -2.19. The van der Waals surface area contributed by atoms with Crippen LogP contribution in [0.15, 0.2) is 41.2 Å². The smallest absolute Gasteiger partial charge is 0.243 e. The number of amides is 2. The second kappa shape index (κ2) is 9.17. The van der Waals surface area contributed by atoms with Crippen molar-refractivity contribution in [2.45, 2.75) is 39.3 Å². The van der Waals surface area contributed by atoms with E-state index in [2.05, 4.69) is 15.6 Å². The minimum Gasteiger partial charge on any atom is -0.349 e. The van der Waals surface area contributed by atoms with E-state index in [1.807, 2.05) is 49.6 Å². The fourth-order valence-corrected chi connectivity index (χ4v) is 2.87. The lowest BCUT2D eigenvalue weighted by Crippen LogP contribution is -2.48. The lowest BCUT2D eigenvalue weighted by molar-refractivity contribution is -0.129. The van der Waals surface area contributed by atoms with Crippen LogP contribution in [0, 0.1) is 5.92 Å². The second-order valence-electron chi connectivity index (χ2n) is 6.11. The Bertz CT molecular complexity index is 642. The Morgan fingerprint density at radius 1 is 1.21 bits per heavy atom. The molecule has 1 heterocycles. The lowest BCUT2D eigenvalue weighted by atomic mass is 10.0. The van der Waals surface area contributed by atoms with Gasteiger partial charge in [0.15, 0.2) is 0 Å². The first-order chi connectivity index (χ1) is 11.5. The zero-order valence-corrected chi connectivity index (χ0v) is 14.8. The summed E-state index contributed by atoms with van der Waals surface area (Å²) in [5.74, 6) is -0.0425. The van der Waals surface area contributed by atoms with E-state index in [0.717, 1.165) is 11.3 Å². The van der Waals surface area contributed by atoms with Crippen LogP contribution < -0.4 is 10.6 Å². The van der Waals surface area contributed by atoms with E-state index in [9.17, 15) is 9.59 Å². The van der Waals surface area contributed by atoms with E-state index in [0.29, 0.717) is 19.4 Å². The predicted molar refractivity (Wildman–Crippen MR) is 95.5 cm³/mol.